The van der Waals surface area contributed by atoms with E-state index < -0.39 is 23.8 Å². The van der Waals surface area contributed by atoms with Crippen molar-refractivity contribution in [3.8, 4) is 17.1 Å². The van der Waals surface area contributed by atoms with E-state index in [2.05, 4.69) is 0 Å². The average Bonchev–Trinajstić information content (AvgIpc) is 3.12. The van der Waals surface area contributed by atoms with Crippen molar-refractivity contribution in [2.24, 2.45) is 0 Å². The Kier molecular flexibility index (Phi) is 6.38. The van der Waals surface area contributed by atoms with Gasteiger partial charge in [-0.1, -0.05) is 6.92 Å². The van der Waals surface area contributed by atoms with Crippen LogP contribution in [-0.2, 0) is 27.4 Å². The first-order valence-electron chi connectivity index (χ1n) is 11.4. The van der Waals surface area contributed by atoms with Crippen molar-refractivity contribution in [3.05, 3.63) is 57.4 Å². The van der Waals surface area contributed by atoms with Gasteiger partial charge in [-0.3, -0.25) is 9.59 Å². The number of aliphatic hydroxyl groups is 1. The van der Waals surface area contributed by atoms with Crippen LogP contribution in [0.15, 0.2) is 35.1 Å². The van der Waals surface area contributed by atoms with Crippen molar-refractivity contribution in [2.45, 2.75) is 65.9 Å². The zero-order chi connectivity index (χ0) is 25.5. The summed E-state index contributed by atoms with van der Waals surface area (Å²) < 4.78 is 17.2. The lowest BCUT2D eigenvalue weighted by Crippen LogP contribution is -2.26. The molecular formula is C26H28N2O7. The monoisotopic (exact) mass is 480 g/mol. The van der Waals surface area contributed by atoms with Crippen LogP contribution in [0.5, 0.6) is 5.75 Å². The van der Waals surface area contributed by atoms with E-state index >= 15 is 0 Å². The Morgan fingerprint density at radius 1 is 1.20 bits per heavy atom. The van der Waals surface area contributed by atoms with Gasteiger partial charge in [-0.2, -0.15) is 0 Å². The van der Waals surface area contributed by atoms with Crippen molar-refractivity contribution in [3.63, 3.8) is 0 Å². The normalized spacial score (nSPS) is 13.2. The fraction of sp³-hybridized carbons (Fsp3) is 0.385. The maximum absolute atomic E-state index is 13.3. The fourth-order valence-electron chi connectivity index (χ4n) is 4.04. The molecule has 1 aliphatic heterocycles. The molecule has 0 aliphatic carbocycles. The molecule has 3 aromatic rings. The molecule has 1 atom stereocenters. The van der Waals surface area contributed by atoms with Crippen LogP contribution in [0.25, 0.3) is 22.3 Å². The number of rotatable bonds is 5. The number of fused-ring (bicyclic) bond motifs is 4. The molecule has 184 valence electrons. The number of aliphatic hydroxyl groups excluding tert-OH is 1. The van der Waals surface area contributed by atoms with Crippen LogP contribution in [0.1, 0.15) is 63.8 Å². The number of aromatic nitrogens is 2. The lowest BCUT2D eigenvalue weighted by molar-refractivity contribution is -0.142. The zero-order valence-electron chi connectivity index (χ0n) is 20.4. The third-order valence-electron chi connectivity index (χ3n) is 5.63. The molecule has 1 aliphatic rings. The Labute approximate surface area is 202 Å². The highest BCUT2D eigenvalue weighted by Crippen LogP contribution is 2.35. The van der Waals surface area contributed by atoms with E-state index in [1.807, 2.05) is 13.0 Å². The van der Waals surface area contributed by atoms with Gasteiger partial charge in [-0.25, -0.2) is 9.78 Å². The molecule has 1 N–H and O–H groups in total. The molecule has 0 radical (unpaired) electrons. The van der Waals surface area contributed by atoms with Crippen LogP contribution in [0.2, 0.25) is 0 Å². The number of carbonyl (C=O) groups is 2. The molecule has 2 aromatic heterocycles. The number of hydrogen-bond donors (Lipinski definition) is 1. The van der Waals surface area contributed by atoms with Gasteiger partial charge in [0.2, 0.25) is 0 Å². The van der Waals surface area contributed by atoms with Crippen molar-refractivity contribution in [1.29, 1.82) is 0 Å². The maximum Gasteiger partial charge on any atom is 0.514 e. The van der Waals surface area contributed by atoms with Crippen molar-refractivity contribution in [2.75, 3.05) is 0 Å². The van der Waals surface area contributed by atoms with Crippen molar-refractivity contribution >= 4 is 23.0 Å². The van der Waals surface area contributed by atoms with Gasteiger partial charge < -0.3 is 23.9 Å². The van der Waals surface area contributed by atoms with Crippen molar-refractivity contribution < 1.29 is 28.9 Å². The highest BCUT2D eigenvalue weighted by molar-refractivity contribution is 5.85. The SMILES string of the molecule is CC[C@H](O)c1cc2n(c(=O)c1COC(C)=O)Cc1cc3cc(OC(=O)OC(C)(C)C)ccc3nc1-2. The second-order valence-electron chi connectivity index (χ2n) is 9.48. The van der Waals surface area contributed by atoms with Crippen molar-refractivity contribution in [1.82, 2.24) is 9.55 Å². The predicted octanol–water partition coefficient (Wildman–Crippen LogP) is 4.25. The molecule has 0 unspecified atom stereocenters. The number of nitrogens with zero attached hydrogens (tertiary/aromatic N) is 2. The fourth-order valence-corrected chi connectivity index (χ4v) is 4.04. The Balaban J connectivity index is 1.73. The van der Waals surface area contributed by atoms with Gasteiger partial charge in [0.1, 0.15) is 18.0 Å². The van der Waals surface area contributed by atoms with Crippen LogP contribution >= 0.6 is 0 Å². The number of carbonyl (C=O) groups excluding carboxylic acids is 2. The number of pyridine rings is 2. The summed E-state index contributed by atoms with van der Waals surface area (Å²) in [4.78, 5) is 41.4. The third kappa shape index (κ3) is 5.05. The summed E-state index contributed by atoms with van der Waals surface area (Å²) in [5, 5.41) is 11.3. The van der Waals surface area contributed by atoms with Crippen LogP contribution in [0, 0.1) is 0 Å². The highest BCUT2D eigenvalue weighted by Gasteiger charge is 2.27. The lowest BCUT2D eigenvalue weighted by Gasteiger charge is -2.18. The minimum atomic E-state index is -0.878. The molecule has 3 heterocycles. The number of hydrogen-bond acceptors (Lipinski definition) is 8. The number of ether oxygens (including phenoxy) is 3. The molecule has 0 fully saturated rings. The predicted molar refractivity (Wildman–Crippen MR) is 128 cm³/mol. The summed E-state index contributed by atoms with van der Waals surface area (Å²) in [5.41, 5.74) is 2.38. The Morgan fingerprint density at radius 2 is 1.94 bits per heavy atom. The molecule has 0 bridgehead atoms. The second kappa shape index (κ2) is 9.14. The minimum Gasteiger partial charge on any atom is -0.461 e. The van der Waals surface area contributed by atoms with E-state index in [-0.39, 0.29) is 24.3 Å². The average molecular weight is 481 g/mol. The highest BCUT2D eigenvalue weighted by atomic mass is 16.7. The standard InChI is InChI=1S/C26H28N2O7/c1-6-22(30)18-11-21-23-16(12-28(21)24(31)19(18)13-33-14(2)29)9-15-10-17(7-8-20(15)27-23)34-25(32)35-26(3,4)5/h7-11,22,30H,6,12-13H2,1-5H3/t22-/m0/s1. The topological polar surface area (TPSA) is 117 Å². The number of esters is 1. The Bertz CT molecular complexity index is 1390. The third-order valence-corrected chi connectivity index (χ3v) is 5.63. The van der Waals surface area contributed by atoms with Gasteiger partial charge in [-0.15, -0.1) is 0 Å². The summed E-state index contributed by atoms with van der Waals surface area (Å²) in [5.74, 6) is -0.189. The Morgan fingerprint density at radius 3 is 2.60 bits per heavy atom. The summed E-state index contributed by atoms with van der Waals surface area (Å²) >= 11 is 0. The first kappa shape index (κ1) is 24.4. The maximum atomic E-state index is 13.3. The quantitative estimate of drug-likeness (QED) is 0.333. The van der Waals surface area contributed by atoms with Gasteiger partial charge in [0.15, 0.2) is 0 Å². The smallest absolute Gasteiger partial charge is 0.461 e. The molecular weight excluding hydrogens is 452 g/mol. The molecule has 9 nitrogen and oxygen atoms in total. The molecule has 1 aromatic carbocycles. The first-order chi connectivity index (χ1) is 16.5. The molecule has 0 saturated carbocycles. The van der Waals surface area contributed by atoms with E-state index in [4.69, 9.17) is 19.2 Å². The van der Waals surface area contributed by atoms with E-state index in [1.165, 1.54) is 6.92 Å². The van der Waals surface area contributed by atoms with Crippen LogP contribution in [-0.4, -0.2) is 32.4 Å². The second-order valence-corrected chi connectivity index (χ2v) is 9.48. The molecule has 0 amide bonds. The van der Waals surface area contributed by atoms with E-state index in [9.17, 15) is 19.5 Å². The minimum absolute atomic E-state index is 0.210. The van der Waals surface area contributed by atoms with Gasteiger partial charge in [0.05, 0.1) is 35.1 Å². The van der Waals surface area contributed by atoms with Crippen LogP contribution < -0.4 is 10.3 Å². The molecule has 0 saturated heterocycles. The van der Waals surface area contributed by atoms with E-state index in [1.54, 1.807) is 49.6 Å². The lowest BCUT2D eigenvalue weighted by atomic mass is 10.0. The molecule has 4 rings (SSSR count). The summed E-state index contributed by atoms with van der Waals surface area (Å²) in [6.45, 7) is 8.41. The number of benzene rings is 1. The Hall–Kier alpha value is -3.72. The van der Waals surface area contributed by atoms with Crippen LogP contribution in [0.4, 0.5) is 4.79 Å². The van der Waals surface area contributed by atoms with E-state index in [0.29, 0.717) is 34.6 Å². The summed E-state index contributed by atoms with van der Waals surface area (Å²) in [7, 11) is 0. The van der Waals surface area contributed by atoms with Gasteiger partial charge in [0.25, 0.3) is 5.56 Å². The van der Waals surface area contributed by atoms with Gasteiger partial charge >= 0.3 is 12.1 Å². The van der Waals surface area contributed by atoms with Gasteiger partial charge in [0, 0.05) is 17.9 Å². The van der Waals surface area contributed by atoms with E-state index in [0.717, 1.165) is 10.9 Å². The zero-order valence-corrected chi connectivity index (χ0v) is 20.4. The van der Waals surface area contributed by atoms with Gasteiger partial charge in [-0.05, 0) is 63.1 Å². The van der Waals surface area contributed by atoms with Crippen LogP contribution in [0.3, 0.4) is 0 Å². The first-order valence-corrected chi connectivity index (χ1v) is 11.4. The molecule has 9 heteroatoms. The summed E-state index contributed by atoms with van der Waals surface area (Å²) in [6, 6.07) is 8.69. The summed E-state index contributed by atoms with van der Waals surface area (Å²) in [6.07, 6.45) is -1.28. The largest absolute Gasteiger partial charge is 0.514 e. The molecule has 0 spiro atoms. The molecule has 35 heavy (non-hydrogen) atoms.